The van der Waals surface area contributed by atoms with E-state index in [0.29, 0.717) is 11.5 Å². The van der Waals surface area contributed by atoms with Crippen molar-refractivity contribution in [1.82, 2.24) is 14.6 Å². The maximum absolute atomic E-state index is 12.0. The molecule has 2 aliphatic carbocycles. The van der Waals surface area contributed by atoms with Crippen LogP contribution >= 0.6 is 0 Å². The van der Waals surface area contributed by atoms with Gasteiger partial charge >= 0.3 is 0 Å². The summed E-state index contributed by atoms with van der Waals surface area (Å²) in [6.07, 6.45) is 7.36. The van der Waals surface area contributed by atoms with Gasteiger partial charge in [-0.25, -0.2) is 9.50 Å². The van der Waals surface area contributed by atoms with Gasteiger partial charge in [0.15, 0.2) is 5.82 Å². The molecule has 1 amide bonds. The summed E-state index contributed by atoms with van der Waals surface area (Å²) in [5.74, 6) is 7.38. The molecule has 2 fully saturated rings. The second-order valence-electron chi connectivity index (χ2n) is 7.99. The summed E-state index contributed by atoms with van der Waals surface area (Å²) in [6, 6.07) is 8.04. The normalized spacial score (nSPS) is 20.2. The molecule has 2 saturated carbocycles. The Balaban J connectivity index is 1.48. The molecule has 0 aliphatic heterocycles. The molecule has 2 aliphatic rings. The SMILES string of the molecule is CC#Cc1cc(-c2ccn3nc(NC(=O)C4CC4)cc3c2)c(O[C@H]2C[C@H](N)C2)cn1. The summed E-state index contributed by atoms with van der Waals surface area (Å²) in [5.41, 5.74) is 9.38. The van der Waals surface area contributed by atoms with E-state index in [4.69, 9.17) is 10.5 Å². The molecule has 0 unspecified atom stereocenters. The molecule has 3 N–H and O–H groups in total. The van der Waals surface area contributed by atoms with Crippen LogP contribution in [-0.2, 0) is 4.79 Å². The number of hydrogen-bond acceptors (Lipinski definition) is 5. The van der Waals surface area contributed by atoms with Crippen molar-refractivity contribution in [2.45, 2.75) is 44.8 Å². The molecule has 0 spiro atoms. The van der Waals surface area contributed by atoms with E-state index >= 15 is 0 Å². The average Bonchev–Trinajstić information content (AvgIpc) is 3.48. The van der Waals surface area contributed by atoms with Crippen molar-refractivity contribution < 1.29 is 9.53 Å². The van der Waals surface area contributed by atoms with Gasteiger partial charge in [-0.1, -0.05) is 5.92 Å². The number of ether oxygens (including phenoxy) is 1. The van der Waals surface area contributed by atoms with Crippen LogP contribution in [0.15, 0.2) is 36.7 Å². The van der Waals surface area contributed by atoms with E-state index in [9.17, 15) is 4.79 Å². The van der Waals surface area contributed by atoms with Crippen LogP contribution in [0.1, 0.15) is 38.3 Å². The summed E-state index contributed by atoms with van der Waals surface area (Å²) >= 11 is 0. The molecule has 3 aromatic rings. The first-order valence-corrected chi connectivity index (χ1v) is 10.2. The van der Waals surface area contributed by atoms with Gasteiger partial charge in [-0.05, 0) is 62.3 Å². The molecule has 0 saturated heterocycles. The monoisotopic (exact) mass is 401 g/mol. The first-order valence-electron chi connectivity index (χ1n) is 10.2. The summed E-state index contributed by atoms with van der Waals surface area (Å²) in [5, 5.41) is 7.35. The number of fused-ring (bicyclic) bond motifs is 1. The first-order chi connectivity index (χ1) is 14.6. The van der Waals surface area contributed by atoms with E-state index in [1.807, 2.05) is 30.5 Å². The average molecular weight is 401 g/mol. The fourth-order valence-electron chi connectivity index (χ4n) is 3.64. The molecular weight excluding hydrogens is 378 g/mol. The molecule has 3 aromatic heterocycles. The second kappa shape index (κ2) is 7.47. The van der Waals surface area contributed by atoms with E-state index in [-0.39, 0.29) is 24.0 Å². The number of carbonyl (C=O) groups is 1. The Morgan fingerprint density at radius 2 is 2.13 bits per heavy atom. The number of nitrogens with zero attached hydrogens (tertiary/aromatic N) is 3. The van der Waals surface area contributed by atoms with Crippen LogP contribution in [-0.4, -0.2) is 32.7 Å². The number of nitrogens with one attached hydrogen (secondary N) is 1. The maximum Gasteiger partial charge on any atom is 0.228 e. The molecule has 3 heterocycles. The lowest BCUT2D eigenvalue weighted by atomic mass is 9.90. The quantitative estimate of drug-likeness (QED) is 0.641. The molecule has 7 heteroatoms. The Hall–Kier alpha value is -3.37. The fraction of sp³-hybridized carbons (Fsp3) is 0.348. The number of amides is 1. The predicted molar refractivity (Wildman–Crippen MR) is 114 cm³/mol. The number of rotatable bonds is 5. The Labute approximate surface area is 174 Å². The molecule has 7 nitrogen and oxygen atoms in total. The lowest BCUT2D eigenvalue weighted by Gasteiger charge is -2.33. The van der Waals surface area contributed by atoms with Crippen LogP contribution in [0.3, 0.4) is 0 Å². The lowest BCUT2D eigenvalue weighted by Crippen LogP contribution is -2.43. The zero-order chi connectivity index (χ0) is 20.7. The standard InChI is InChI=1S/C23H23N5O2/c1-2-3-17-11-20(21(13-25-17)30-19-9-16(24)10-19)15-6-7-28-18(8-15)12-22(27-28)26-23(29)14-4-5-14/h6-8,11-14,16,19H,4-5,9-10,24H2,1H3,(H,26,27,29)/t16-,19-. The van der Waals surface area contributed by atoms with E-state index in [1.54, 1.807) is 17.6 Å². The van der Waals surface area contributed by atoms with Crippen LogP contribution in [0.5, 0.6) is 5.75 Å². The number of hydrogen-bond donors (Lipinski definition) is 2. The minimum atomic E-state index is 0.0462. The van der Waals surface area contributed by atoms with E-state index < -0.39 is 0 Å². The zero-order valence-electron chi connectivity index (χ0n) is 16.8. The van der Waals surface area contributed by atoms with E-state index in [1.165, 1.54) is 0 Å². The van der Waals surface area contributed by atoms with Gasteiger partial charge in [0.1, 0.15) is 17.5 Å². The molecule has 5 rings (SSSR count). The van der Waals surface area contributed by atoms with Crippen molar-refractivity contribution in [3.63, 3.8) is 0 Å². The minimum absolute atomic E-state index is 0.0462. The summed E-state index contributed by atoms with van der Waals surface area (Å²) in [7, 11) is 0. The van der Waals surface area contributed by atoms with Crippen LogP contribution in [0.4, 0.5) is 5.82 Å². The van der Waals surface area contributed by atoms with Gasteiger partial charge in [0, 0.05) is 29.8 Å². The third-order valence-corrected chi connectivity index (χ3v) is 5.52. The molecule has 30 heavy (non-hydrogen) atoms. The number of anilines is 1. The smallest absolute Gasteiger partial charge is 0.228 e. The Morgan fingerprint density at radius 3 is 2.87 bits per heavy atom. The zero-order valence-corrected chi connectivity index (χ0v) is 16.8. The number of pyridine rings is 2. The van der Waals surface area contributed by atoms with Crippen LogP contribution < -0.4 is 15.8 Å². The van der Waals surface area contributed by atoms with Crippen molar-refractivity contribution in [3.05, 3.63) is 42.4 Å². The van der Waals surface area contributed by atoms with Crippen molar-refractivity contribution >= 4 is 17.2 Å². The third kappa shape index (κ3) is 3.74. The minimum Gasteiger partial charge on any atom is -0.488 e. The predicted octanol–water partition coefficient (Wildman–Crippen LogP) is 2.98. The summed E-state index contributed by atoms with van der Waals surface area (Å²) in [6.45, 7) is 1.79. The van der Waals surface area contributed by atoms with Crippen molar-refractivity contribution in [2.75, 3.05) is 5.32 Å². The maximum atomic E-state index is 12.0. The molecule has 152 valence electrons. The Bertz CT molecular complexity index is 1180. The molecule has 0 atom stereocenters. The summed E-state index contributed by atoms with van der Waals surface area (Å²) in [4.78, 5) is 16.4. The van der Waals surface area contributed by atoms with Gasteiger partial charge in [-0.15, -0.1) is 0 Å². The van der Waals surface area contributed by atoms with E-state index in [2.05, 4.69) is 27.2 Å². The van der Waals surface area contributed by atoms with Gasteiger partial charge < -0.3 is 15.8 Å². The molecular formula is C23H23N5O2. The molecule has 0 aromatic carbocycles. The van der Waals surface area contributed by atoms with Crippen LogP contribution in [0.25, 0.3) is 16.6 Å². The van der Waals surface area contributed by atoms with Crippen molar-refractivity contribution in [3.8, 4) is 28.7 Å². The highest BCUT2D eigenvalue weighted by molar-refractivity contribution is 5.93. The largest absolute Gasteiger partial charge is 0.488 e. The first kappa shape index (κ1) is 18.6. The number of aromatic nitrogens is 3. The number of carbonyl (C=O) groups excluding carboxylic acids is 1. The molecule has 0 radical (unpaired) electrons. The van der Waals surface area contributed by atoms with Gasteiger partial charge in [0.2, 0.25) is 5.91 Å². The topological polar surface area (TPSA) is 94.5 Å². The lowest BCUT2D eigenvalue weighted by molar-refractivity contribution is -0.117. The highest BCUT2D eigenvalue weighted by Crippen LogP contribution is 2.35. The second-order valence-corrected chi connectivity index (χ2v) is 7.99. The van der Waals surface area contributed by atoms with Crippen LogP contribution in [0, 0.1) is 17.8 Å². The summed E-state index contributed by atoms with van der Waals surface area (Å²) < 4.78 is 7.93. The fourth-order valence-corrected chi connectivity index (χ4v) is 3.64. The Kier molecular flexibility index (Phi) is 4.64. The van der Waals surface area contributed by atoms with Gasteiger partial charge in [0.25, 0.3) is 0 Å². The van der Waals surface area contributed by atoms with E-state index in [0.717, 1.165) is 48.1 Å². The van der Waals surface area contributed by atoms with Crippen LogP contribution in [0.2, 0.25) is 0 Å². The van der Waals surface area contributed by atoms with Crippen molar-refractivity contribution in [1.29, 1.82) is 0 Å². The van der Waals surface area contributed by atoms with Gasteiger partial charge in [-0.3, -0.25) is 4.79 Å². The number of nitrogens with two attached hydrogens (primary N) is 1. The molecule has 0 bridgehead atoms. The Morgan fingerprint density at radius 1 is 1.30 bits per heavy atom. The van der Waals surface area contributed by atoms with Gasteiger partial charge in [0.05, 0.1) is 11.7 Å². The van der Waals surface area contributed by atoms with Crippen molar-refractivity contribution in [2.24, 2.45) is 11.7 Å². The third-order valence-electron chi connectivity index (χ3n) is 5.52. The highest BCUT2D eigenvalue weighted by atomic mass is 16.5. The highest BCUT2D eigenvalue weighted by Gasteiger charge is 2.30. The van der Waals surface area contributed by atoms with Gasteiger partial charge in [-0.2, -0.15) is 5.10 Å².